The van der Waals surface area contributed by atoms with Crippen LogP contribution < -0.4 is 0 Å². The minimum atomic E-state index is -0.510. The number of nitro groups is 1. The Morgan fingerprint density at radius 3 is 2.50 bits per heavy atom. The van der Waals surface area contributed by atoms with Crippen LogP contribution in [0.25, 0.3) is 0 Å². The number of halogens is 2. The van der Waals surface area contributed by atoms with E-state index in [-0.39, 0.29) is 34.6 Å². The number of phenolic OH excluding ortho intramolecular Hbond substituents is 2. The van der Waals surface area contributed by atoms with Gasteiger partial charge in [-0.25, -0.2) is 0 Å². The van der Waals surface area contributed by atoms with Crippen molar-refractivity contribution >= 4 is 34.8 Å². The number of hydrogen-bond donors (Lipinski definition) is 2. The molecule has 2 N–H and O–H groups in total. The fourth-order valence-electron chi connectivity index (χ4n) is 3.17. The lowest BCUT2D eigenvalue weighted by Crippen LogP contribution is -2.36. The van der Waals surface area contributed by atoms with Crippen LogP contribution in [0, 0.1) is 10.1 Å². The summed E-state index contributed by atoms with van der Waals surface area (Å²) >= 11 is 12.2. The molecule has 28 heavy (non-hydrogen) atoms. The molecule has 1 aliphatic heterocycles. The molecule has 2 heterocycles. The Bertz CT molecular complexity index is 934. The lowest BCUT2D eigenvalue weighted by Gasteiger charge is -2.30. The van der Waals surface area contributed by atoms with Gasteiger partial charge in [0.1, 0.15) is 6.20 Å². The normalized spacial score (nSPS) is 13.3. The Morgan fingerprint density at radius 1 is 1.21 bits per heavy atom. The van der Waals surface area contributed by atoms with Gasteiger partial charge in [-0.15, -0.1) is 0 Å². The molecular weight excluding hydrogens is 409 g/mol. The number of phenols is 2. The van der Waals surface area contributed by atoms with Crippen LogP contribution >= 0.6 is 23.2 Å². The van der Waals surface area contributed by atoms with Crippen LogP contribution in [0.1, 0.15) is 29.7 Å². The number of benzene rings is 1. The van der Waals surface area contributed by atoms with Gasteiger partial charge in [0.25, 0.3) is 5.69 Å². The quantitative estimate of drug-likeness (QED) is 0.429. The molecular formula is C18H17Cl2N3O5. The van der Waals surface area contributed by atoms with E-state index in [2.05, 4.69) is 4.98 Å². The lowest BCUT2D eigenvalue weighted by molar-refractivity contribution is -0.385. The Hall–Kier alpha value is -2.58. The summed E-state index contributed by atoms with van der Waals surface area (Å²) in [7, 11) is 0. The maximum atomic E-state index is 12.5. The summed E-state index contributed by atoms with van der Waals surface area (Å²) in [5.41, 5.74) is 1.79. The van der Waals surface area contributed by atoms with Gasteiger partial charge in [-0.1, -0.05) is 23.2 Å². The Labute approximate surface area is 170 Å². The number of hydrogen-bond acceptors (Lipinski definition) is 6. The van der Waals surface area contributed by atoms with Crippen molar-refractivity contribution in [2.75, 3.05) is 6.54 Å². The minimum absolute atomic E-state index is 0.00415. The van der Waals surface area contributed by atoms with Crippen molar-refractivity contribution in [2.45, 2.75) is 32.2 Å². The second-order valence-electron chi connectivity index (χ2n) is 6.47. The summed E-state index contributed by atoms with van der Waals surface area (Å²) in [5.74, 6) is -1.00. The first-order chi connectivity index (χ1) is 13.3. The third kappa shape index (κ3) is 3.98. The van der Waals surface area contributed by atoms with Crippen LogP contribution in [0.15, 0.2) is 18.3 Å². The maximum absolute atomic E-state index is 12.5. The van der Waals surface area contributed by atoms with Gasteiger partial charge in [-0.05, 0) is 36.5 Å². The van der Waals surface area contributed by atoms with Gasteiger partial charge in [0.05, 0.1) is 15.0 Å². The van der Waals surface area contributed by atoms with Gasteiger partial charge in [0.15, 0.2) is 11.5 Å². The van der Waals surface area contributed by atoms with Crippen LogP contribution in [0.4, 0.5) is 5.69 Å². The largest absolute Gasteiger partial charge is 0.503 e. The molecule has 0 unspecified atom stereocenters. The molecule has 10 heteroatoms. The predicted molar refractivity (Wildman–Crippen MR) is 103 cm³/mol. The highest BCUT2D eigenvalue weighted by atomic mass is 35.5. The first-order valence-corrected chi connectivity index (χ1v) is 9.33. The first-order valence-electron chi connectivity index (χ1n) is 8.57. The summed E-state index contributed by atoms with van der Waals surface area (Å²) in [6, 6.07) is 2.97. The molecule has 1 aromatic carbocycles. The number of pyridine rings is 1. The molecule has 148 valence electrons. The van der Waals surface area contributed by atoms with Crippen molar-refractivity contribution in [1.82, 2.24) is 9.88 Å². The minimum Gasteiger partial charge on any atom is -0.503 e. The number of aromatic nitrogens is 1. The molecule has 0 aliphatic carbocycles. The molecule has 1 aliphatic rings. The van der Waals surface area contributed by atoms with Gasteiger partial charge in [0.2, 0.25) is 5.91 Å². The molecule has 0 saturated heterocycles. The van der Waals surface area contributed by atoms with E-state index in [4.69, 9.17) is 23.2 Å². The molecule has 0 radical (unpaired) electrons. The third-order valence-corrected chi connectivity index (χ3v) is 5.53. The zero-order valence-corrected chi connectivity index (χ0v) is 16.2. The van der Waals surface area contributed by atoms with E-state index in [1.807, 2.05) is 0 Å². The number of aromatic hydroxyl groups is 2. The standard InChI is InChI=1S/C18H17Cl2N3O5/c19-15-12-6-7-22(9-13(12)16(20)18(26)17(15)25)14(24)3-1-2-10-4-5-11(8-21-10)23(27)28/h4-5,8,25-26H,1-3,6-7,9H2. The van der Waals surface area contributed by atoms with Crippen molar-refractivity contribution in [2.24, 2.45) is 0 Å². The number of nitrogens with zero attached hydrogens (tertiary/aromatic N) is 3. The topological polar surface area (TPSA) is 117 Å². The highest BCUT2D eigenvalue weighted by Crippen LogP contribution is 2.46. The maximum Gasteiger partial charge on any atom is 0.287 e. The van der Waals surface area contributed by atoms with Crippen LogP contribution in [-0.2, 0) is 24.2 Å². The lowest BCUT2D eigenvalue weighted by atomic mass is 9.98. The van der Waals surface area contributed by atoms with E-state index in [1.165, 1.54) is 12.3 Å². The number of aryl methyl sites for hydroxylation is 1. The number of fused-ring (bicyclic) bond motifs is 1. The number of carbonyl (C=O) groups excluding carboxylic acids is 1. The van der Waals surface area contributed by atoms with Crippen molar-refractivity contribution in [1.29, 1.82) is 0 Å². The highest BCUT2D eigenvalue weighted by molar-refractivity contribution is 6.36. The van der Waals surface area contributed by atoms with E-state index in [0.29, 0.717) is 42.6 Å². The van der Waals surface area contributed by atoms with Crippen LogP contribution in [0.3, 0.4) is 0 Å². The van der Waals surface area contributed by atoms with E-state index in [1.54, 1.807) is 11.0 Å². The Morgan fingerprint density at radius 2 is 1.89 bits per heavy atom. The number of carbonyl (C=O) groups is 1. The molecule has 8 nitrogen and oxygen atoms in total. The smallest absolute Gasteiger partial charge is 0.287 e. The van der Waals surface area contributed by atoms with Crippen LogP contribution in [-0.4, -0.2) is 37.5 Å². The van der Waals surface area contributed by atoms with E-state index < -0.39 is 16.4 Å². The summed E-state index contributed by atoms with van der Waals surface area (Å²) in [5, 5.41) is 30.4. The average Bonchev–Trinajstić information content (AvgIpc) is 2.70. The Balaban J connectivity index is 1.60. The highest BCUT2D eigenvalue weighted by Gasteiger charge is 2.28. The van der Waals surface area contributed by atoms with Crippen LogP contribution in [0.5, 0.6) is 11.5 Å². The van der Waals surface area contributed by atoms with Crippen molar-refractivity contribution in [3.63, 3.8) is 0 Å². The second kappa shape index (κ2) is 8.20. The van der Waals surface area contributed by atoms with Crippen LogP contribution in [0.2, 0.25) is 10.0 Å². The van der Waals surface area contributed by atoms with Gasteiger partial charge in [0, 0.05) is 31.3 Å². The SMILES string of the molecule is O=C(CCCc1ccc([N+](=O)[O-])cn1)N1CCc2c(Cl)c(O)c(O)c(Cl)c2C1. The Kier molecular flexibility index (Phi) is 5.90. The number of amides is 1. The zero-order chi connectivity index (χ0) is 20.4. The average molecular weight is 426 g/mol. The van der Waals surface area contributed by atoms with Gasteiger partial charge in [-0.3, -0.25) is 19.9 Å². The molecule has 3 rings (SSSR count). The summed E-state index contributed by atoms with van der Waals surface area (Å²) in [6.45, 7) is 0.637. The molecule has 0 bridgehead atoms. The van der Waals surface area contributed by atoms with Crippen molar-refractivity contribution in [3.8, 4) is 11.5 Å². The summed E-state index contributed by atoms with van der Waals surface area (Å²) < 4.78 is 0. The first kappa shape index (κ1) is 20.2. The van der Waals surface area contributed by atoms with E-state index in [9.17, 15) is 25.1 Å². The number of rotatable bonds is 5. The fraction of sp³-hybridized carbons (Fsp3) is 0.333. The predicted octanol–water partition coefficient (Wildman–Crippen LogP) is 3.62. The molecule has 0 atom stereocenters. The zero-order valence-electron chi connectivity index (χ0n) is 14.7. The molecule has 2 aromatic rings. The van der Waals surface area contributed by atoms with Crippen molar-refractivity contribution < 1.29 is 19.9 Å². The molecule has 0 fully saturated rings. The van der Waals surface area contributed by atoms with E-state index in [0.717, 1.165) is 0 Å². The molecule has 1 amide bonds. The van der Waals surface area contributed by atoms with Crippen molar-refractivity contribution in [3.05, 3.63) is 55.3 Å². The molecule has 0 spiro atoms. The fourth-order valence-corrected chi connectivity index (χ4v) is 3.73. The van der Waals surface area contributed by atoms with Gasteiger partial charge < -0.3 is 15.1 Å². The monoisotopic (exact) mass is 425 g/mol. The van der Waals surface area contributed by atoms with E-state index >= 15 is 0 Å². The van der Waals surface area contributed by atoms with Gasteiger partial charge in [-0.2, -0.15) is 0 Å². The molecule has 1 aromatic heterocycles. The summed E-state index contributed by atoms with van der Waals surface area (Å²) in [6.07, 6.45) is 2.98. The summed E-state index contributed by atoms with van der Waals surface area (Å²) in [4.78, 5) is 28.3. The van der Waals surface area contributed by atoms with Gasteiger partial charge >= 0.3 is 0 Å². The molecule has 0 saturated carbocycles. The third-order valence-electron chi connectivity index (χ3n) is 4.71. The second-order valence-corrected chi connectivity index (χ2v) is 7.22.